The summed E-state index contributed by atoms with van der Waals surface area (Å²) in [6.07, 6.45) is 1.59. The van der Waals surface area contributed by atoms with Gasteiger partial charge in [-0.25, -0.2) is 8.42 Å². The van der Waals surface area contributed by atoms with Crippen LogP contribution in [0.5, 0.6) is 0 Å². The Morgan fingerprint density at radius 2 is 1.45 bits per heavy atom. The number of benzene rings is 3. The van der Waals surface area contributed by atoms with Crippen molar-refractivity contribution in [2.75, 3.05) is 17.4 Å². The Morgan fingerprint density at radius 3 is 2.00 bits per heavy atom. The number of nitrogens with zero attached hydrogens (tertiary/aromatic N) is 2. The second-order valence-electron chi connectivity index (χ2n) is 9.52. The molecule has 0 radical (unpaired) electrons. The van der Waals surface area contributed by atoms with E-state index >= 15 is 0 Å². The van der Waals surface area contributed by atoms with Crippen LogP contribution in [0.2, 0.25) is 10.0 Å². The Morgan fingerprint density at radius 1 is 0.875 bits per heavy atom. The third kappa shape index (κ3) is 8.22. The quantitative estimate of drug-likeness (QED) is 0.261. The van der Waals surface area contributed by atoms with Gasteiger partial charge in [0, 0.05) is 22.6 Å². The number of hydrogen-bond acceptors (Lipinski definition) is 4. The first kappa shape index (κ1) is 31.5. The average Bonchev–Trinajstić information content (AvgIpc) is 2.94. The minimum absolute atomic E-state index is 0.0105. The van der Waals surface area contributed by atoms with Crippen LogP contribution >= 0.6 is 23.2 Å². The third-order valence-corrected chi connectivity index (χ3v) is 8.84. The Hall–Kier alpha value is -3.07. The molecule has 0 saturated heterocycles. The van der Waals surface area contributed by atoms with Crippen molar-refractivity contribution in [3.05, 3.63) is 94.5 Å². The number of hydrogen-bond donors (Lipinski definition) is 1. The highest BCUT2D eigenvalue weighted by atomic mass is 35.5. The van der Waals surface area contributed by atoms with Crippen LogP contribution in [0.15, 0.2) is 83.8 Å². The fraction of sp³-hybridized carbons (Fsp3) is 0.333. The predicted molar refractivity (Wildman–Crippen MR) is 161 cm³/mol. The van der Waals surface area contributed by atoms with E-state index in [1.165, 1.54) is 35.2 Å². The summed E-state index contributed by atoms with van der Waals surface area (Å²) in [5.41, 5.74) is 1.14. The SMILES string of the molecule is CC[C@H](C)NC(=O)[C@H](CC)N(CCc1ccccc1)C(=O)CN(c1cc(Cl)cc(Cl)c1)S(=O)(=O)c1ccccc1. The van der Waals surface area contributed by atoms with Crippen LogP contribution in [-0.4, -0.2) is 50.3 Å². The topological polar surface area (TPSA) is 86.8 Å². The first-order valence-corrected chi connectivity index (χ1v) is 15.4. The van der Waals surface area contributed by atoms with Crippen LogP contribution in [0, 0.1) is 0 Å². The second-order valence-corrected chi connectivity index (χ2v) is 12.3. The van der Waals surface area contributed by atoms with E-state index in [0.717, 1.165) is 16.3 Å². The van der Waals surface area contributed by atoms with E-state index in [4.69, 9.17) is 23.2 Å². The van der Waals surface area contributed by atoms with Crippen molar-refractivity contribution in [3.63, 3.8) is 0 Å². The zero-order chi connectivity index (χ0) is 29.3. The maximum absolute atomic E-state index is 14.0. The minimum Gasteiger partial charge on any atom is -0.352 e. The maximum Gasteiger partial charge on any atom is 0.264 e. The standard InChI is InChI=1S/C30H35Cl2N3O4S/c1-4-22(3)33-30(37)28(5-2)34(17-16-23-12-8-6-9-13-23)29(36)21-35(26-19-24(31)18-25(32)20-26)40(38,39)27-14-10-7-11-15-27/h6-15,18-20,22,28H,4-5,16-17,21H2,1-3H3,(H,33,37)/t22-,28-/m0/s1. The van der Waals surface area contributed by atoms with Crippen LogP contribution < -0.4 is 9.62 Å². The molecule has 3 aromatic rings. The smallest absolute Gasteiger partial charge is 0.264 e. The number of carbonyl (C=O) groups excluding carboxylic acids is 2. The van der Waals surface area contributed by atoms with Gasteiger partial charge in [0.25, 0.3) is 10.0 Å². The van der Waals surface area contributed by atoms with Gasteiger partial charge < -0.3 is 10.2 Å². The second kappa shape index (κ2) is 14.5. The number of halogens is 2. The van der Waals surface area contributed by atoms with Crippen LogP contribution in [0.25, 0.3) is 0 Å². The van der Waals surface area contributed by atoms with Crippen molar-refractivity contribution in [1.29, 1.82) is 0 Å². The van der Waals surface area contributed by atoms with Crippen LogP contribution in [0.4, 0.5) is 5.69 Å². The molecule has 40 heavy (non-hydrogen) atoms. The van der Waals surface area contributed by atoms with Gasteiger partial charge in [-0.1, -0.05) is 85.6 Å². The van der Waals surface area contributed by atoms with E-state index in [1.807, 2.05) is 51.1 Å². The first-order chi connectivity index (χ1) is 19.1. The van der Waals surface area contributed by atoms with Crippen molar-refractivity contribution in [2.24, 2.45) is 0 Å². The van der Waals surface area contributed by atoms with E-state index in [-0.39, 0.29) is 39.1 Å². The number of carbonyl (C=O) groups is 2. The molecular weight excluding hydrogens is 569 g/mol. The number of amides is 2. The van der Waals surface area contributed by atoms with Gasteiger partial charge >= 0.3 is 0 Å². The molecule has 0 spiro atoms. The highest BCUT2D eigenvalue weighted by Gasteiger charge is 2.34. The lowest BCUT2D eigenvalue weighted by Gasteiger charge is -2.33. The van der Waals surface area contributed by atoms with Crippen LogP contribution in [0.1, 0.15) is 39.2 Å². The van der Waals surface area contributed by atoms with E-state index in [2.05, 4.69) is 5.32 Å². The Bertz CT molecular complexity index is 1370. The zero-order valence-electron chi connectivity index (χ0n) is 22.9. The van der Waals surface area contributed by atoms with Gasteiger partial charge in [0.05, 0.1) is 10.6 Å². The molecular formula is C30H35Cl2N3O4S. The summed E-state index contributed by atoms with van der Waals surface area (Å²) in [5, 5.41) is 3.42. The summed E-state index contributed by atoms with van der Waals surface area (Å²) < 4.78 is 28.7. The molecule has 0 aliphatic carbocycles. The molecule has 2 atom stereocenters. The highest BCUT2D eigenvalue weighted by Crippen LogP contribution is 2.30. The predicted octanol–water partition coefficient (Wildman–Crippen LogP) is 5.95. The molecule has 0 aliphatic heterocycles. The van der Waals surface area contributed by atoms with Crippen molar-refractivity contribution < 1.29 is 18.0 Å². The Balaban J connectivity index is 2.03. The van der Waals surface area contributed by atoms with Gasteiger partial charge in [-0.3, -0.25) is 13.9 Å². The molecule has 0 aliphatic rings. The number of anilines is 1. The number of sulfonamides is 1. The summed E-state index contributed by atoms with van der Waals surface area (Å²) in [6.45, 7) is 5.38. The lowest BCUT2D eigenvalue weighted by atomic mass is 10.1. The van der Waals surface area contributed by atoms with Crippen molar-refractivity contribution in [2.45, 2.75) is 57.0 Å². The van der Waals surface area contributed by atoms with E-state index in [0.29, 0.717) is 12.8 Å². The molecule has 3 rings (SSSR count). The lowest BCUT2D eigenvalue weighted by Crippen LogP contribution is -2.54. The van der Waals surface area contributed by atoms with Gasteiger partial charge in [0.1, 0.15) is 12.6 Å². The van der Waals surface area contributed by atoms with Gasteiger partial charge in [0.15, 0.2) is 0 Å². The molecule has 0 fully saturated rings. The Labute approximate surface area is 247 Å². The molecule has 1 N–H and O–H groups in total. The van der Waals surface area contributed by atoms with Crippen molar-refractivity contribution >= 4 is 50.7 Å². The highest BCUT2D eigenvalue weighted by molar-refractivity contribution is 7.92. The summed E-state index contributed by atoms with van der Waals surface area (Å²) in [4.78, 5) is 28.8. The van der Waals surface area contributed by atoms with Gasteiger partial charge in [-0.15, -0.1) is 0 Å². The van der Waals surface area contributed by atoms with E-state index in [9.17, 15) is 18.0 Å². The van der Waals surface area contributed by atoms with E-state index < -0.39 is 28.5 Å². The maximum atomic E-state index is 14.0. The largest absolute Gasteiger partial charge is 0.352 e. The average molecular weight is 605 g/mol. The summed E-state index contributed by atoms with van der Waals surface area (Å²) >= 11 is 12.5. The summed E-state index contributed by atoms with van der Waals surface area (Å²) in [6, 6.07) is 21.0. The lowest BCUT2D eigenvalue weighted by molar-refractivity contribution is -0.139. The minimum atomic E-state index is -4.19. The van der Waals surface area contributed by atoms with Crippen LogP contribution in [-0.2, 0) is 26.0 Å². The molecule has 0 aromatic heterocycles. The van der Waals surface area contributed by atoms with E-state index in [1.54, 1.807) is 18.2 Å². The Kier molecular flexibility index (Phi) is 11.4. The zero-order valence-corrected chi connectivity index (χ0v) is 25.2. The fourth-order valence-electron chi connectivity index (χ4n) is 4.27. The molecule has 0 unspecified atom stereocenters. The monoisotopic (exact) mass is 603 g/mol. The first-order valence-electron chi connectivity index (χ1n) is 13.2. The van der Waals surface area contributed by atoms with Gasteiger partial charge in [-0.2, -0.15) is 0 Å². The van der Waals surface area contributed by atoms with Gasteiger partial charge in [0.2, 0.25) is 11.8 Å². The molecule has 7 nitrogen and oxygen atoms in total. The molecule has 0 saturated carbocycles. The molecule has 214 valence electrons. The molecule has 10 heteroatoms. The fourth-order valence-corrected chi connectivity index (χ4v) is 6.20. The summed E-state index contributed by atoms with van der Waals surface area (Å²) in [7, 11) is -4.19. The van der Waals surface area contributed by atoms with Gasteiger partial charge in [-0.05, 0) is 62.1 Å². The number of nitrogens with one attached hydrogen (secondary N) is 1. The number of rotatable bonds is 13. The van der Waals surface area contributed by atoms with Crippen LogP contribution in [0.3, 0.4) is 0 Å². The molecule has 3 aromatic carbocycles. The van der Waals surface area contributed by atoms with Crippen molar-refractivity contribution in [3.8, 4) is 0 Å². The van der Waals surface area contributed by atoms with Crippen molar-refractivity contribution in [1.82, 2.24) is 10.2 Å². The summed E-state index contributed by atoms with van der Waals surface area (Å²) in [5.74, 6) is -0.792. The molecule has 0 heterocycles. The normalized spacial score (nSPS) is 12.8. The third-order valence-electron chi connectivity index (χ3n) is 6.62. The molecule has 0 bridgehead atoms. The molecule has 2 amide bonds.